The third-order valence-electron chi connectivity index (χ3n) is 5.32. The van der Waals surface area contributed by atoms with Gasteiger partial charge in [-0.3, -0.25) is 4.79 Å². The van der Waals surface area contributed by atoms with Crippen LogP contribution >= 0.6 is 0 Å². The lowest BCUT2D eigenvalue weighted by molar-refractivity contribution is 0.0859. The molecule has 0 unspecified atom stereocenters. The lowest BCUT2D eigenvalue weighted by atomic mass is 10.0. The maximum atomic E-state index is 12.9. The van der Waals surface area contributed by atoms with Crippen molar-refractivity contribution in [1.29, 1.82) is 0 Å². The van der Waals surface area contributed by atoms with Crippen molar-refractivity contribution in [2.24, 2.45) is 0 Å². The predicted octanol–water partition coefficient (Wildman–Crippen LogP) is 3.75. The summed E-state index contributed by atoms with van der Waals surface area (Å²) in [6, 6.07) is 10.3. The summed E-state index contributed by atoms with van der Waals surface area (Å²) in [4.78, 5) is 26.4. The molecule has 150 valence electrons. The van der Waals surface area contributed by atoms with E-state index in [2.05, 4.69) is 41.1 Å². The summed E-state index contributed by atoms with van der Waals surface area (Å²) in [5, 5.41) is 3.14. The first-order valence-electron chi connectivity index (χ1n) is 9.89. The summed E-state index contributed by atoms with van der Waals surface area (Å²) >= 11 is 0. The molecule has 1 aromatic carbocycles. The molecule has 1 aliphatic rings. The second-order valence-corrected chi connectivity index (χ2v) is 7.39. The Morgan fingerprint density at radius 3 is 2.36 bits per heavy atom. The number of aromatic nitrogens is 1. The summed E-state index contributed by atoms with van der Waals surface area (Å²) in [5.41, 5.74) is 4.93. The van der Waals surface area contributed by atoms with Gasteiger partial charge in [-0.05, 0) is 58.7 Å². The molecule has 0 atom stereocenters. The number of amides is 2. The normalized spacial score (nSPS) is 14.8. The molecule has 2 aromatic rings. The number of likely N-dealkylation sites (tertiary alicyclic amines) is 1. The summed E-state index contributed by atoms with van der Waals surface area (Å²) in [6.45, 7) is 9.44. The second kappa shape index (κ2) is 8.50. The smallest absolute Gasteiger partial charge is 0.409 e. The fourth-order valence-corrected chi connectivity index (χ4v) is 3.77. The van der Waals surface area contributed by atoms with Gasteiger partial charge in [0.15, 0.2) is 0 Å². The van der Waals surface area contributed by atoms with Gasteiger partial charge in [-0.1, -0.05) is 17.7 Å². The number of hydrogen-bond donors (Lipinski definition) is 1. The summed E-state index contributed by atoms with van der Waals surface area (Å²) in [6.07, 6.45) is 1.21. The zero-order chi connectivity index (χ0) is 20.3. The van der Waals surface area contributed by atoms with E-state index in [9.17, 15) is 9.59 Å². The van der Waals surface area contributed by atoms with Crippen molar-refractivity contribution in [1.82, 2.24) is 14.8 Å². The molecule has 6 heteroatoms. The highest BCUT2D eigenvalue weighted by Gasteiger charge is 2.26. The van der Waals surface area contributed by atoms with E-state index in [4.69, 9.17) is 4.74 Å². The van der Waals surface area contributed by atoms with Gasteiger partial charge in [0.2, 0.25) is 0 Å². The zero-order valence-electron chi connectivity index (χ0n) is 17.1. The molecule has 1 saturated heterocycles. The number of carbonyl (C=O) groups is 2. The van der Waals surface area contributed by atoms with Crippen LogP contribution in [0.25, 0.3) is 5.69 Å². The molecule has 1 N–H and O–H groups in total. The molecule has 0 bridgehead atoms. The minimum atomic E-state index is -0.270. The first kappa shape index (κ1) is 20.0. The van der Waals surface area contributed by atoms with Crippen LogP contribution in [-0.2, 0) is 4.74 Å². The van der Waals surface area contributed by atoms with Crippen molar-refractivity contribution in [2.75, 3.05) is 19.7 Å². The summed E-state index contributed by atoms with van der Waals surface area (Å²) in [7, 11) is 0. The standard InChI is InChI=1S/C22H29N3O3/c1-5-28-22(27)24-12-10-18(11-13-24)23-21(26)20-14-16(3)25(17(20)4)19-8-6-15(2)7-9-19/h6-9,14,18H,5,10-13H2,1-4H3,(H,23,26). The second-order valence-electron chi connectivity index (χ2n) is 7.39. The highest BCUT2D eigenvalue weighted by molar-refractivity contribution is 5.96. The quantitative estimate of drug-likeness (QED) is 0.874. The Morgan fingerprint density at radius 1 is 1.11 bits per heavy atom. The van der Waals surface area contributed by atoms with Gasteiger partial charge in [-0.2, -0.15) is 0 Å². The van der Waals surface area contributed by atoms with Crippen molar-refractivity contribution in [3.05, 3.63) is 52.8 Å². The van der Waals surface area contributed by atoms with Crippen LogP contribution in [0.15, 0.2) is 30.3 Å². The van der Waals surface area contributed by atoms with Crippen molar-refractivity contribution >= 4 is 12.0 Å². The van der Waals surface area contributed by atoms with E-state index in [-0.39, 0.29) is 18.0 Å². The summed E-state index contributed by atoms with van der Waals surface area (Å²) in [5.74, 6) is -0.0546. The molecule has 3 rings (SSSR count). The Labute approximate surface area is 166 Å². The number of benzene rings is 1. The Kier molecular flexibility index (Phi) is 6.07. The fraction of sp³-hybridized carbons (Fsp3) is 0.455. The third-order valence-corrected chi connectivity index (χ3v) is 5.32. The number of hydrogen-bond acceptors (Lipinski definition) is 3. The predicted molar refractivity (Wildman–Crippen MR) is 109 cm³/mol. The zero-order valence-corrected chi connectivity index (χ0v) is 17.1. The molecule has 0 spiro atoms. The highest BCUT2D eigenvalue weighted by atomic mass is 16.6. The van der Waals surface area contributed by atoms with E-state index in [1.54, 1.807) is 11.8 Å². The molecule has 28 heavy (non-hydrogen) atoms. The SMILES string of the molecule is CCOC(=O)N1CCC(NC(=O)c2cc(C)n(-c3ccc(C)cc3)c2C)CC1. The molecular formula is C22H29N3O3. The number of carbonyl (C=O) groups excluding carboxylic acids is 2. The van der Waals surface area contributed by atoms with Gasteiger partial charge in [0, 0.05) is 36.2 Å². The minimum Gasteiger partial charge on any atom is -0.450 e. The maximum Gasteiger partial charge on any atom is 0.409 e. The van der Waals surface area contributed by atoms with Crippen LogP contribution in [0.4, 0.5) is 4.79 Å². The first-order valence-corrected chi connectivity index (χ1v) is 9.89. The topological polar surface area (TPSA) is 63.6 Å². The minimum absolute atomic E-state index is 0.0546. The van der Waals surface area contributed by atoms with Crippen LogP contribution in [0.1, 0.15) is 47.1 Å². The van der Waals surface area contributed by atoms with Crippen molar-refractivity contribution < 1.29 is 14.3 Å². The number of piperidine rings is 1. The number of nitrogens with one attached hydrogen (secondary N) is 1. The van der Waals surface area contributed by atoms with E-state index in [1.165, 1.54) is 5.56 Å². The van der Waals surface area contributed by atoms with Crippen molar-refractivity contribution in [3.8, 4) is 5.69 Å². The van der Waals surface area contributed by atoms with Gasteiger partial charge >= 0.3 is 6.09 Å². The molecule has 0 radical (unpaired) electrons. The van der Waals surface area contributed by atoms with Gasteiger partial charge in [0.05, 0.1) is 12.2 Å². The van der Waals surface area contributed by atoms with Crippen LogP contribution in [0.2, 0.25) is 0 Å². The van der Waals surface area contributed by atoms with E-state index < -0.39 is 0 Å². The van der Waals surface area contributed by atoms with E-state index in [1.807, 2.05) is 19.9 Å². The molecule has 0 saturated carbocycles. The van der Waals surface area contributed by atoms with Gasteiger partial charge in [-0.15, -0.1) is 0 Å². The van der Waals surface area contributed by atoms with Crippen LogP contribution in [0.3, 0.4) is 0 Å². The number of aryl methyl sites for hydroxylation is 2. The van der Waals surface area contributed by atoms with Crippen LogP contribution in [-0.4, -0.2) is 47.2 Å². The largest absolute Gasteiger partial charge is 0.450 e. The lowest BCUT2D eigenvalue weighted by Crippen LogP contribution is -2.46. The summed E-state index contributed by atoms with van der Waals surface area (Å²) < 4.78 is 7.15. The van der Waals surface area contributed by atoms with E-state index in [0.717, 1.165) is 29.9 Å². The number of ether oxygens (including phenoxy) is 1. The Balaban J connectivity index is 1.67. The number of nitrogens with zero attached hydrogens (tertiary/aromatic N) is 2. The van der Waals surface area contributed by atoms with E-state index in [0.29, 0.717) is 25.3 Å². The highest BCUT2D eigenvalue weighted by Crippen LogP contribution is 2.22. The third kappa shape index (κ3) is 4.21. The number of rotatable bonds is 4. The lowest BCUT2D eigenvalue weighted by Gasteiger charge is -2.31. The average molecular weight is 383 g/mol. The molecule has 1 aromatic heterocycles. The van der Waals surface area contributed by atoms with Crippen LogP contribution in [0.5, 0.6) is 0 Å². The molecule has 6 nitrogen and oxygen atoms in total. The fourth-order valence-electron chi connectivity index (χ4n) is 3.77. The van der Waals surface area contributed by atoms with Crippen molar-refractivity contribution in [2.45, 2.75) is 46.6 Å². The molecule has 2 amide bonds. The maximum absolute atomic E-state index is 12.9. The molecule has 2 heterocycles. The first-order chi connectivity index (χ1) is 13.4. The van der Waals surface area contributed by atoms with Gasteiger partial charge in [0.1, 0.15) is 0 Å². The van der Waals surface area contributed by atoms with E-state index >= 15 is 0 Å². The van der Waals surface area contributed by atoms with Gasteiger partial charge in [0.25, 0.3) is 5.91 Å². The Morgan fingerprint density at radius 2 is 1.75 bits per heavy atom. The van der Waals surface area contributed by atoms with Crippen molar-refractivity contribution in [3.63, 3.8) is 0 Å². The van der Waals surface area contributed by atoms with Crippen LogP contribution in [0, 0.1) is 20.8 Å². The molecular weight excluding hydrogens is 354 g/mol. The average Bonchev–Trinajstić information content (AvgIpc) is 2.98. The molecule has 0 aliphatic carbocycles. The Bertz CT molecular complexity index is 847. The molecule has 1 fully saturated rings. The monoisotopic (exact) mass is 383 g/mol. The molecule has 1 aliphatic heterocycles. The van der Waals surface area contributed by atoms with Gasteiger partial charge < -0.3 is 19.5 Å². The Hall–Kier alpha value is -2.76. The van der Waals surface area contributed by atoms with Gasteiger partial charge in [-0.25, -0.2) is 4.79 Å². The van der Waals surface area contributed by atoms with Crippen LogP contribution < -0.4 is 5.32 Å².